The number of hydrogen-bond donors (Lipinski definition) is 1. The number of halogens is 1. The summed E-state index contributed by atoms with van der Waals surface area (Å²) in [6.07, 6.45) is 11.5. The Balaban J connectivity index is 1.42. The molecule has 9 nitrogen and oxygen atoms in total. The van der Waals surface area contributed by atoms with Crippen LogP contribution in [-0.4, -0.2) is 50.4 Å². The Bertz CT molecular complexity index is 1770. The molecule has 1 amide bonds. The van der Waals surface area contributed by atoms with Crippen LogP contribution in [0.15, 0.2) is 59.2 Å². The van der Waals surface area contributed by atoms with Crippen molar-refractivity contribution in [2.24, 2.45) is 17.8 Å². The zero-order valence-corrected chi connectivity index (χ0v) is 29.8. The Labute approximate surface area is 289 Å². The molecule has 1 N–H and O–H groups in total. The van der Waals surface area contributed by atoms with Crippen LogP contribution in [0.3, 0.4) is 0 Å². The molecule has 48 heavy (non-hydrogen) atoms. The lowest BCUT2D eigenvalue weighted by Crippen LogP contribution is -2.52. The molecule has 1 saturated carbocycles. The van der Waals surface area contributed by atoms with E-state index in [-0.39, 0.29) is 23.3 Å². The second kappa shape index (κ2) is 14.3. The molecule has 2 aromatic carbocycles. The van der Waals surface area contributed by atoms with Crippen LogP contribution in [0.5, 0.6) is 5.75 Å². The van der Waals surface area contributed by atoms with Crippen LogP contribution < -0.4 is 14.4 Å². The van der Waals surface area contributed by atoms with Crippen molar-refractivity contribution in [3.63, 3.8) is 0 Å². The minimum atomic E-state index is -3.97. The van der Waals surface area contributed by atoms with Gasteiger partial charge in [0.15, 0.2) is 5.89 Å². The summed E-state index contributed by atoms with van der Waals surface area (Å²) in [6.45, 7) is 7.26. The van der Waals surface area contributed by atoms with Crippen molar-refractivity contribution < 1.29 is 27.1 Å². The zero-order valence-electron chi connectivity index (χ0n) is 28.2. The number of nitrogens with zero attached hydrogens (tertiary/aromatic N) is 2. The molecule has 6 rings (SSSR count). The molecule has 1 aliphatic carbocycles. The molecular weight excluding hydrogens is 650 g/mol. The molecule has 0 radical (unpaired) electrons. The van der Waals surface area contributed by atoms with E-state index in [9.17, 15) is 13.2 Å². The van der Waals surface area contributed by atoms with Gasteiger partial charge < -0.3 is 18.8 Å². The quantitative estimate of drug-likeness (QED) is 0.290. The van der Waals surface area contributed by atoms with E-state index < -0.39 is 26.8 Å². The number of benzene rings is 2. The number of carbonyl (C=O) groups excluding carboxylic acids is 1. The molecule has 2 bridgehead atoms. The molecule has 1 fully saturated rings. The number of aryl methyl sites for hydroxylation is 2. The van der Waals surface area contributed by atoms with Gasteiger partial charge in [-0.1, -0.05) is 36.7 Å². The second-order valence-corrected chi connectivity index (χ2v) is 16.2. The minimum absolute atomic E-state index is 0.163. The van der Waals surface area contributed by atoms with Crippen LogP contribution in [0.1, 0.15) is 79.0 Å². The summed E-state index contributed by atoms with van der Waals surface area (Å²) in [5, 5.41) is -0.105. The van der Waals surface area contributed by atoms with E-state index in [1.165, 1.54) is 5.56 Å². The number of allylic oxidation sites excluding steroid dienone is 1. The van der Waals surface area contributed by atoms with Gasteiger partial charge in [0.1, 0.15) is 18.6 Å². The maximum absolute atomic E-state index is 13.5. The molecule has 3 aromatic rings. The van der Waals surface area contributed by atoms with Gasteiger partial charge in [-0.2, -0.15) is 0 Å². The van der Waals surface area contributed by atoms with Crippen molar-refractivity contribution in [1.82, 2.24) is 9.71 Å². The van der Waals surface area contributed by atoms with E-state index in [0.29, 0.717) is 36.1 Å². The predicted octanol–water partition coefficient (Wildman–Crippen LogP) is 7.06. The van der Waals surface area contributed by atoms with Crippen molar-refractivity contribution in [1.29, 1.82) is 0 Å². The number of aromatic nitrogens is 1. The number of rotatable bonds is 3. The summed E-state index contributed by atoms with van der Waals surface area (Å²) in [5.41, 5.74) is 3.42. The third-order valence-corrected chi connectivity index (χ3v) is 12.8. The highest BCUT2D eigenvalue weighted by Gasteiger charge is 2.48. The van der Waals surface area contributed by atoms with Crippen LogP contribution >= 0.6 is 11.6 Å². The van der Waals surface area contributed by atoms with Gasteiger partial charge in [0, 0.05) is 30.8 Å². The van der Waals surface area contributed by atoms with E-state index in [0.717, 1.165) is 62.1 Å². The van der Waals surface area contributed by atoms with Crippen molar-refractivity contribution in [3.05, 3.63) is 88.1 Å². The number of oxazole rings is 1. The molecule has 0 unspecified atom stereocenters. The number of anilines is 1. The Morgan fingerprint density at radius 1 is 1.12 bits per heavy atom. The van der Waals surface area contributed by atoms with E-state index in [1.807, 2.05) is 38.1 Å². The monoisotopic (exact) mass is 695 g/mol. The summed E-state index contributed by atoms with van der Waals surface area (Å²) < 4.78 is 48.0. The van der Waals surface area contributed by atoms with Gasteiger partial charge in [-0.15, -0.1) is 0 Å². The Morgan fingerprint density at radius 3 is 2.69 bits per heavy atom. The standard InChI is InChI=1S/C37H46ClN3O6S/c1-24-8-7-16-37(45-4,20-35-39-25(2)22-47-35)32-14-11-29(32)21-41-17-6-5-9-27-18-31(38)13-10-30(27)23-46-34-15-12-28(19-33(34)41)36(42)40-48(43,44)26(24)3/h7,10,12-13,15-16,18-19,22,24,26,29,32H,5-6,8-9,11,14,17,20-21,23H2,1-4H3,(H,40,42)/b16-7+/t24-,26+,29-,32+,37+/m0/s1. The average molecular weight is 696 g/mol. The maximum Gasteiger partial charge on any atom is 0.264 e. The van der Waals surface area contributed by atoms with Gasteiger partial charge in [0.25, 0.3) is 5.91 Å². The van der Waals surface area contributed by atoms with E-state index in [4.69, 9.17) is 25.5 Å². The lowest BCUT2D eigenvalue weighted by atomic mass is 9.63. The summed E-state index contributed by atoms with van der Waals surface area (Å²) in [4.78, 5) is 20.4. The molecule has 5 atom stereocenters. The highest BCUT2D eigenvalue weighted by atomic mass is 35.5. The topological polar surface area (TPSA) is 111 Å². The molecule has 11 heteroatoms. The number of sulfonamides is 1. The van der Waals surface area contributed by atoms with E-state index >= 15 is 0 Å². The lowest BCUT2D eigenvalue weighted by Gasteiger charge is -2.49. The number of carbonyl (C=O) groups is 1. The highest BCUT2D eigenvalue weighted by Crippen LogP contribution is 2.47. The van der Waals surface area contributed by atoms with Gasteiger partial charge in [-0.05, 0) is 112 Å². The van der Waals surface area contributed by atoms with Gasteiger partial charge in [0.05, 0.1) is 28.7 Å². The van der Waals surface area contributed by atoms with Gasteiger partial charge >= 0.3 is 0 Å². The third kappa shape index (κ3) is 7.31. The molecule has 258 valence electrons. The molecule has 3 heterocycles. The molecular formula is C37H46ClN3O6S. The number of hydrogen-bond acceptors (Lipinski definition) is 8. The summed E-state index contributed by atoms with van der Waals surface area (Å²) >= 11 is 6.37. The molecule has 2 aliphatic heterocycles. The van der Waals surface area contributed by atoms with E-state index in [1.54, 1.807) is 38.5 Å². The fraction of sp³-hybridized carbons (Fsp3) is 0.514. The summed E-state index contributed by atoms with van der Waals surface area (Å²) in [7, 11) is -2.23. The van der Waals surface area contributed by atoms with Gasteiger partial charge in [0.2, 0.25) is 10.0 Å². The van der Waals surface area contributed by atoms with Crippen molar-refractivity contribution >= 4 is 33.2 Å². The molecule has 1 aromatic heterocycles. The Morgan fingerprint density at radius 2 is 1.96 bits per heavy atom. The van der Waals surface area contributed by atoms with Crippen LogP contribution in [0.2, 0.25) is 5.02 Å². The first-order valence-corrected chi connectivity index (χ1v) is 18.9. The zero-order chi connectivity index (χ0) is 34.1. The lowest BCUT2D eigenvalue weighted by molar-refractivity contribution is -0.0775. The number of fused-ring (bicyclic) bond motifs is 3. The third-order valence-electron chi connectivity index (χ3n) is 10.6. The van der Waals surface area contributed by atoms with Crippen LogP contribution in [0.4, 0.5) is 5.69 Å². The van der Waals surface area contributed by atoms with Crippen molar-refractivity contribution in [2.75, 3.05) is 25.1 Å². The first-order chi connectivity index (χ1) is 23.0. The largest absolute Gasteiger partial charge is 0.487 e. The minimum Gasteiger partial charge on any atom is -0.487 e. The average Bonchev–Trinajstić information content (AvgIpc) is 3.44. The second-order valence-electron chi connectivity index (χ2n) is 13.7. The molecule has 0 spiro atoms. The summed E-state index contributed by atoms with van der Waals surface area (Å²) in [5.74, 6) is 0.796. The number of ether oxygens (including phenoxy) is 2. The van der Waals surface area contributed by atoms with Crippen LogP contribution in [-0.2, 0) is 34.2 Å². The van der Waals surface area contributed by atoms with Crippen molar-refractivity contribution in [3.8, 4) is 5.75 Å². The SMILES string of the molecule is CO[C@@]1(Cc2nc(C)co2)/C=C/C[C@H](C)[C@@H](C)S(=O)(=O)NC(=O)c2ccc3c(c2)N(CCCCc2cc(Cl)ccc2CO3)C[C@@H]2CC[C@H]21. The fourth-order valence-electron chi connectivity index (χ4n) is 7.38. The smallest absolute Gasteiger partial charge is 0.264 e. The number of amides is 1. The Kier molecular flexibility index (Phi) is 10.3. The maximum atomic E-state index is 13.5. The Hall–Kier alpha value is -3.34. The predicted molar refractivity (Wildman–Crippen MR) is 187 cm³/mol. The van der Waals surface area contributed by atoms with Crippen LogP contribution in [0, 0.1) is 24.7 Å². The van der Waals surface area contributed by atoms with Crippen LogP contribution in [0.25, 0.3) is 0 Å². The molecule has 3 aliphatic rings. The van der Waals surface area contributed by atoms with Gasteiger partial charge in [-0.25, -0.2) is 18.1 Å². The summed E-state index contributed by atoms with van der Waals surface area (Å²) in [6, 6.07) is 11.1. The number of nitrogens with one attached hydrogen (secondary N) is 1. The van der Waals surface area contributed by atoms with Gasteiger partial charge in [-0.3, -0.25) is 4.79 Å². The first kappa shape index (κ1) is 34.5. The first-order valence-electron chi connectivity index (χ1n) is 17.0. The fourth-order valence-corrected chi connectivity index (χ4v) is 8.86. The normalized spacial score (nSPS) is 28.4. The van der Waals surface area contributed by atoms with E-state index in [2.05, 4.69) is 20.7 Å². The van der Waals surface area contributed by atoms with Crippen molar-refractivity contribution in [2.45, 2.75) is 83.2 Å². The number of methoxy groups -OCH3 is 1. The molecule has 0 saturated heterocycles. The highest BCUT2D eigenvalue weighted by molar-refractivity contribution is 7.90.